The van der Waals surface area contributed by atoms with E-state index in [1.54, 1.807) is 24.0 Å². The third kappa shape index (κ3) is 4.29. The second kappa shape index (κ2) is 8.96. The predicted molar refractivity (Wildman–Crippen MR) is 125 cm³/mol. The summed E-state index contributed by atoms with van der Waals surface area (Å²) in [5.74, 6) is -1.17. The highest BCUT2D eigenvalue weighted by Gasteiger charge is 2.27. The first-order valence-corrected chi connectivity index (χ1v) is 11.2. The molecule has 1 fully saturated rings. The van der Waals surface area contributed by atoms with Crippen molar-refractivity contribution in [2.75, 3.05) is 28.6 Å². The fraction of sp³-hybridized carbons (Fsp3) is 0.261. The molecular formula is C23H24FN5O2S. The van der Waals surface area contributed by atoms with Gasteiger partial charge in [0.25, 0.3) is 0 Å². The van der Waals surface area contributed by atoms with Crippen molar-refractivity contribution in [1.29, 1.82) is 0 Å². The fourth-order valence-corrected chi connectivity index (χ4v) is 4.79. The van der Waals surface area contributed by atoms with Crippen molar-refractivity contribution >= 4 is 45.4 Å². The molecule has 1 saturated heterocycles. The number of benzene rings is 2. The minimum absolute atomic E-state index is 0.0717. The van der Waals surface area contributed by atoms with Gasteiger partial charge < -0.3 is 21.3 Å². The highest BCUT2D eigenvalue weighted by atomic mass is 32.1. The largest absolute Gasteiger partial charge is 0.382 e. The molecule has 1 aliphatic heterocycles. The molecule has 2 aromatic carbocycles. The summed E-state index contributed by atoms with van der Waals surface area (Å²) in [6, 6.07) is 12.3. The molecule has 7 nitrogen and oxygen atoms in total. The lowest BCUT2D eigenvalue weighted by atomic mass is 10.1. The Morgan fingerprint density at radius 2 is 1.72 bits per heavy atom. The van der Waals surface area contributed by atoms with Crippen LogP contribution in [0, 0.1) is 5.82 Å². The van der Waals surface area contributed by atoms with Crippen LogP contribution >= 0.6 is 11.3 Å². The number of carbonyl (C=O) groups excluding carboxylic acids is 2. The second-order valence-corrected chi connectivity index (χ2v) is 8.68. The zero-order chi connectivity index (χ0) is 22.8. The van der Waals surface area contributed by atoms with Crippen LogP contribution in [0.4, 0.5) is 26.7 Å². The maximum atomic E-state index is 13.4. The fourth-order valence-electron chi connectivity index (χ4n) is 3.74. The predicted octanol–water partition coefficient (Wildman–Crippen LogP) is 3.71. The number of aromatic nitrogens is 1. The molecule has 4 rings (SSSR count). The van der Waals surface area contributed by atoms with E-state index in [-0.39, 0.29) is 16.5 Å². The maximum Gasteiger partial charge on any atom is 0.240 e. The smallest absolute Gasteiger partial charge is 0.240 e. The molecule has 0 saturated carbocycles. The third-order valence-corrected chi connectivity index (χ3v) is 6.63. The van der Waals surface area contributed by atoms with E-state index in [1.807, 2.05) is 12.1 Å². The Morgan fingerprint density at radius 1 is 1.09 bits per heavy atom. The Bertz CT molecular complexity index is 1120. The first-order chi connectivity index (χ1) is 15.3. The maximum absolute atomic E-state index is 13.4. The third-order valence-electron chi connectivity index (χ3n) is 5.56. The van der Waals surface area contributed by atoms with E-state index < -0.39 is 17.8 Å². The van der Waals surface area contributed by atoms with E-state index >= 15 is 0 Å². The van der Waals surface area contributed by atoms with Crippen LogP contribution in [-0.2, 0) is 4.79 Å². The number of hydrogen-bond acceptors (Lipinski definition) is 7. The van der Waals surface area contributed by atoms with Crippen molar-refractivity contribution < 1.29 is 14.0 Å². The molecule has 32 heavy (non-hydrogen) atoms. The van der Waals surface area contributed by atoms with Crippen molar-refractivity contribution in [1.82, 2.24) is 4.98 Å². The van der Waals surface area contributed by atoms with E-state index in [1.165, 1.54) is 37.1 Å². The number of carbonyl (C=O) groups is 2. The van der Waals surface area contributed by atoms with Gasteiger partial charge in [0.2, 0.25) is 11.7 Å². The van der Waals surface area contributed by atoms with Gasteiger partial charge in [-0.1, -0.05) is 11.3 Å². The zero-order valence-electron chi connectivity index (χ0n) is 17.6. The Kier molecular flexibility index (Phi) is 6.09. The number of nitrogens with two attached hydrogens (primary N) is 2. The molecule has 1 amide bonds. The van der Waals surface area contributed by atoms with Gasteiger partial charge in [0.15, 0.2) is 5.13 Å². The lowest BCUT2D eigenvalue weighted by molar-refractivity contribution is -0.118. The monoisotopic (exact) mass is 453 g/mol. The highest BCUT2D eigenvalue weighted by Crippen LogP contribution is 2.36. The number of thiazole rings is 1. The molecule has 0 spiro atoms. The van der Waals surface area contributed by atoms with Gasteiger partial charge in [-0.3, -0.25) is 9.59 Å². The quantitative estimate of drug-likeness (QED) is 0.529. The van der Waals surface area contributed by atoms with E-state index in [0.29, 0.717) is 16.4 Å². The summed E-state index contributed by atoms with van der Waals surface area (Å²) in [4.78, 5) is 33.5. The minimum Gasteiger partial charge on any atom is -0.382 e. The summed E-state index contributed by atoms with van der Waals surface area (Å²) in [6.07, 6.45) is 2.35. The van der Waals surface area contributed by atoms with Crippen LogP contribution < -0.4 is 21.3 Å². The van der Waals surface area contributed by atoms with Gasteiger partial charge >= 0.3 is 0 Å². The van der Waals surface area contributed by atoms with Gasteiger partial charge in [-0.2, -0.15) is 0 Å². The first kappa shape index (κ1) is 21.8. The average Bonchev–Trinajstić information content (AvgIpc) is 3.45. The van der Waals surface area contributed by atoms with Crippen LogP contribution in [-0.4, -0.2) is 35.8 Å². The summed E-state index contributed by atoms with van der Waals surface area (Å²) in [5.41, 5.74) is 13.7. The molecule has 9 heteroatoms. The van der Waals surface area contributed by atoms with Crippen molar-refractivity contribution in [3.63, 3.8) is 0 Å². The number of ketones is 1. The first-order valence-electron chi connectivity index (χ1n) is 10.4. The number of amides is 1. The molecule has 1 atom stereocenters. The molecular weight excluding hydrogens is 429 g/mol. The minimum atomic E-state index is -0.784. The van der Waals surface area contributed by atoms with Crippen molar-refractivity contribution in [3.8, 4) is 0 Å². The van der Waals surface area contributed by atoms with Crippen LogP contribution in [0.25, 0.3) is 0 Å². The zero-order valence-corrected chi connectivity index (χ0v) is 18.4. The number of halogens is 1. The average molecular weight is 454 g/mol. The number of primary amides is 1. The Morgan fingerprint density at radius 3 is 2.31 bits per heavy atom. The van der Waals surface area contributed by atoms with Crippen LogP contribution in [0.2, 0.25) is 0 Å². The molecule has 0 unspecified atom stereocenters. The normalized spacial score (nSPS) is 14.4. The van der Waals surface area contributed by atoms with E-state index in [4.69, 9.17) is 11.5 Å². The van der Waals surface area contributed by atoms with Crippen LogP contribution in [0.5, 0.6) is 0 Å². The lowest BCUT2D eigenvalue weighted by Crippen LogP contribution is -2.39. The van der Waals surface area contributed by atoms with Crippen molar-refractivity contribution in [2.45, 2.75) is 25.8 Å². The molecule has 2 heterocycles. The van der Waals surface area contributed by atoms with E-state index in [0.717, 1.165) is 30.1 Å². The standard InChI is InChI=1S/C23H24FN5O2S/c1-14(22(26)31)29(18-10-6-16(24)7-11-18)23-27-21(25)20(32-23)19(30)15-4-8-17(9-5-15)28-12-2-3-13-28/h4-11,14H,2-3,12-13,25H2,1H3,(H2,26,31)/t14-/m1/s1. The van der Waals surface area contributed by atoms with Gasteiger partial charge in [-0.05, 0) is 68.3 Å². The number of rotatable bonds is 7. The van der Waals surface area contributed by atoms with E-state index in [2.05, 4.69) is 9.88 Å². The topological polar surface area (TPSA) is 106 Å². The molecule has 3 aromatic rings. The second-order valence-electron chi connectivity index (χ2n) is 7.71. The van der Waals surface area contributed by atoms with Gasteiger partial charge in [-0.15, -0.1) is 0 Å². The molecule has 4 N–H and O–H groups in total. The molecule has 0 aliphatic carbocycles. The Labute approximate surface area is 189 Å². The van der Waals surface area contributed by atoms with Crippen LogP contribution in [0.1, 0.15) is 35.0 Å². The number of anilines is 4. The van der Waals surface area contributed by atoms with Crippen LogP contribution in [0.3, 0.4) is 0 Å². The lowest BCUT2D eigenvalue weighted by Gasteiger charge is -2.26. The summed E-state index contributed by atoms with van der Waals surface area (Å²) < 4.78 is 13.4. The van der Waals surface area contributed by atoms with Crippen LogP contribution in [0.15, 0.2) is 48.5 Å². The van der Waals surface area contributed by atoms with Gasteiger partial charge in [0.05, 0.1) is 0 Å². The SMILES string of the molecule is C[C@H](C(N)=O)N(c1ccc(F)cc1)c1nc(N)c(C(=O)c2ccc(N3CCCC3)cc2)s1. The summed E-state index contributed by atoms with van der Waals surface area (Å²) in [7, 11) is 0. The van der Waals surface area contributed by atoms with E-state index in [9.17, 15) is 14.0 Å². The number of hydrogen-bond donors (Lipinski definition) is 2. The van der Waals surface area contributed by atoms with Gasteiger partial charge in [0, 0.05) is 30.0 Å². The molecule has 166 valence electrons. The number of nitrogen functional groups attached to an aromatic ring is 1. The highest BCUT2D eigenvalue weighted by molar-refractivity contribution is 7.18. The molecule has 1 aliphatic rings. The van der Waals surface area contributed by atoms with Crippen molar-refractivity contribution in [2.24, 2.45) is 5.73 Å². The van der Waals surface area contributed by atoms with Gasteiger partial charge in [0.1, 0.15) is 22.6 Å². The van der Waals surface area contributed by atoms with Crippen molar-refractivity contribution in [3.05, 3.63) is 64.8 Å². The van der Waals surface area contributed by atoms with Gasteiger partial charge in [-0.25, -0.2) is 9.37 Å². The molecule has 0 bridgehead atoms. The molecule has 1 aromatic heterocycles. The molecule has 0 radical (unpaired) electrons. The summed E-state index contributed by atoms with van der Waals surface area (Å²) >= 11 is 1.07. The number of nitrogens with zero attached hydrogens (tertiary/aromatic N) is 3. The summed E-state index contributed by atoms with van der Waals surface area (Å²) in [6.45, 7) is 3.66. The Hall–Kier alpha value is -3.46. The Balaban J connectivity index is 1.64. The summed E-state index contributed by atoms with van der Waals surface area (Å²) in [5, 5.41) is 0.331.